The minimum Gasteiger partial charge on any atom is -0.476 e. The summed E-state index contributed by atoms with van der Waals surface area (Å²) >= 11 is 5.69. The number of carboxylic acid groups (broad SMARTS) is 1. The summed E-state index contributed by atoms with van der Waals surface area (Å²) in [6.45, 7) is 0. The molecule has 0 saturated carbocycles. The van der Waals surface area contributed by atoms with Crippen LogP contribution in [0.3, 0.4) is 0 Å². The summed E-state index contributed by atoms with van der Waals surface area (Å²) in [6.07, 6.45) is 2.34. The standard InChI is InChI=1S/C11H7ClFN3O2/c12-6-1-7(13)3-8(2-6)16-10-5-14-9(4-15-10)11(17)18/h1-5H,(H,15,16)(H,17,18). The van der Waals surface area contributed by atoms with Gasteiger partial charge in [-0.25, -0.2) is 19.2 Å². The number of aromatic carboxylic acids is 1. The molecule has 1 heterocycles. The van der Waals surface area contributed by atoms with Gasteiger partial charge < -0.3 is 10.4 Å². The lowest BCUT2D eigenvalue weighted by Crippen LogP contribution is -2.02. The Morgan fingerprint density at radius 1 is 1.28 bits per heavy atom. The van der Waals surface area contributed by atoms with E-state index in [1.807, 2.05) is 0 Å². The third kappa shape index (κ3) is 2.92. The van der Waals surface area contributed by atoms with Gasteiger partial charge in [0.2, 0.25) is 0 Å². The lowest BCUT2D eigenvalue weighted by Gasteiger charge is -2.05. The Kier molecular flexibility index (Phi) is 3.38. The van der Waals surface area contributed by atoms with E-state index in [2.05, 4.69) is 15.3 Å². The molecule has 5 nitrogen and oxygen atoms in total. The first-order chi connectivity index (χ1) is 8.54. The van der Waals surface area contributed by atoms with E-state index in [0.717, 1.165) is 6.20 Å². The summed E-state index contributed by atoms with van der Waals surface area (Å²) in [5.74, 6) is -1.36. The van der Waals surface area contributed by atoms with E-state index in [9.17, 15) is 9.18 Å². The predicted octanol–water partition coefficient (Wildman–Crippen LogP) is 2.71. The molecule has 2 aromatic rings. The van der Waals surface area contributed by atoms with E-state index in [0.29, 0.717) is 11.5 Å². The van der Waals surface area contributed by atoms with Gasteiger partial charge in [-0.05, 0) is 18.2 Å². The summed E-state index contributed by atoms with van der Waals surface area (Å²) < 4.78 is 13.1. The molecule has 0 atom stereocenters. The zero-order valence-corrected chi connectivity index (χ0v) is 9.65. The maximum absolute atomic E-state index is 13.1. The van der Waals surface area contributed by atoms with Crippen LogP contribution in [0.25, 0.3) is 0 Å². The SMILES string of the molecule is O=C(O)c1cnc(Nc2cc(F)cc(Cl)c2)cn1. The van der Waals surface area contributed by atoms with Crippen molar-refractivity contribution in [2.24, 2.45) is 0 Å². The van der Waals surface area contributed by atoms with Crippen LogP contribution in [-0.4, -0.2) is 21.0 Å². The van der Waals surface area contributed by atoms with Crippen molar-refractivity contribution in [1.29, 1.82) is 0 Å². The number of anilines is 2. The minimum atomic E-state index is -1.16. The molecule has 0 spiro atoms. The first kappa shape index (κ1) is 12.3. The van der Waals surface area contributed by atoms with Gasteiger partial charge in [0.05, 0.1) is 12.4 Å². The van der Waals surface area contributed by atoms with Crippen molar-refractivity contribution in [2.45, 2.75) is 0 Å². The van der Waals surface area contributed by atoms with Crippen molar-refractivity contribution in [3.63, 3.8) is 0 Å². The van der Waals surface area contributed by atoms with Crippen molar-refractivity contribution in [3.8, 4) is 0 Å². The molecule has 2 N–H and O–H groups in total. The van der Waals surface area contributed by atoms with Gasteiger partial charge in [0.15, 0.2) is 5.69 Å². The molecule has 0 aliphatic carbocycles. The van der Waals surface area contributed by atoms with E-state index >= 15 is 0 Å². The van der Waals surface area contributed by atoms with Gasteiger partial charge in [0.25, 0.3) is 0 Å². The van der Waals surface area contributed by atoms with Crippen molar-refractivity contribution >= 4 is 29.1 Å². The molecule has 1 aromatic heterocycles. The van der Waals surface area contributed by atoms with Crippen molar-refractivity contribution in [2.75, 3.05) is 5.32 Å². The molecular formula is C11H7ClFN3O2. The van der Waals surface area contributed by atoms with Gasteiger partial charge >= 0.3 is 5.97 Å². The number of nitrogens with one attached hydrogen (secondary N) is 1. The summed E-state index contributed by atoms with van der Waals surface area (Å²) in [4.78, 5) is 18.1. The quantitative estimate of drug-likeness (QED) is 0.894. The molecule has 0 unspecified atom stereocenters. The number of carboxylic acids is 1. The summed E-state index contributed by atoms with van der Waals surface area (Å²) in [7, 11) is 0. The summed E-state index contributed by atoms with van der Waals surface area (Å²) in [5.41, 5.74) is 0.232. The fraction of sp³-hybridized carbons (Fsp3) is 0. The van der Waals surface area contributed by atoms with Crippen LogP contribution in [-0.2, 0) is 0 Å². The molecular weight excluding hydrogens is 261 g/mol. The largest absolute Gasteiger partial charge is 0.476 e. The molecule has 7 heteroatoms. The first-order valence-electron chi connectivity index (χ1n) is 4.83. The maximum Gasteiger partial charge on any atom is 0.356 e. The fourth-order valence-electron chi connectivity index (χ4n) is 1.28. The number of nitrogens with zero attached hydrogens (tertiary/aromatic N) is 2. The van der Waals surface area contributed by atoms with Crippen LogP contribution < -0.4 is 5.32 Å². The van der Waals surface area contributed by atoms with Gasteiger partial charge in [-0.2, -0.15) is 0 Å². The molecule has 18 heavy (non-hydrogen) atoms. The molecule has 2 rings (SSSR count). The molecule has 0 aliphatic heterocycles. The molecule has 0 amide bonds. The van der Waals surface area contributed by atoms with Crippen LogP contribution >= 0.6 is 11.6 Å². The fourth-order valence-corrected chi connectivity index (χ4v) is 1.50. The lowest BCUT2D eigenvalue weighted by molar-refractivity contribution is 0.0690. The normalized spacial score (nSPS) is 10.1. The van der Waals surface area contributed by atoms with Crippen LogP contribution in [0.1, 0.15) is 10.5 Å². The van der Waals surface area contributed by atoms with Crippen molar-refractivity contribution in [1.82, 2.24) is 9.97 Å². The first-order valence-corrected chi connectivity index (χ1v) is 5.21. The lowest BCUT2D eigenvalue weighted by atomic mass is 10.3. The highest BCUT2D eigenvalue weighted by Gasteiger charge is 2.05. The van der Waals surface area contributed by atoms with Gasteiger partial charge in [0, 0.05) is 10.7 Å². The monoisotopic (exact) mass is 267 g/mol. The highest BCUT2D eigenvalue weighted by molar-refractivity contribution is 6.30. The second-order valence-corrected chi connectivity index (χ2v) is 3.81. The van der Waals surface area contributed by atoms with Crippen LogP contribution in [0.2, 0.25) is 5.02 Å². The Morgan fingerprint density at radius 2 is 2.06 bits per heavy atom. The Bertz CT molecular complexity index is 569. The molecule has 0 radical (unpaired) electrons. The third-order valence-corrected chi connectivity index (χ3v) is 2.22. The van der Waals surface area contributed by atoms with E-state index < -0.39 is 11.8 Å². The van der Waals surface area contributed by atoms with E-state index in [1.165, 1.54) is 24.4 Å². The second kappa shape index (κ2) is 4.97. The highest BCUT2D eigenvalue weighted by Crippen LogP contribution is 2.20. The number of hydrogen-bond donors (Lipinski definition) is 2. The van der Waals surface area contributed by atoms with Gasteiger partial charge in [0.1, 0.15) is 11.6 Å². The maximum atomic E-state index is 13.1. The average Bonchev–Trinajstić information content (AvgIpc) is 2.28. The van der Waals surface area contributed by atoms with E-state index in [1.54, 1.807) is 0 Å². The van der Waals surface area contributed by atoms with Crippen LogP contribution in [0.5, 0.6) is 0 Å². The highest BCUT2D eigenvalue weighted by atomic mass is 35.5. The topological polar surface area (TPSA) is 75.1 Å². The molecule has 0 bridgehead atoms. The number of hydrogen-bond acceptors (Lipinski definition) is 4. The molecule has 0 fully saturated rings. The minimum absolute atomic E-state index is 0.169. The third-order valence-electron chi connectivity index (χ3n) is 2.01. The Morgan fingerprint density at radius 3 is 2.61 bits per heavy atom. The molecule has 0 saturated heterocycles. The summed E-state index contributed by atoms with van der Waals surface area (Å²) in [6, 6.07) is 3.92. The number of carbonyl (C=O) groups is 1. The van der Waals surface area contributed by atoms with Crippen LogP contribution in [0.15, 0.2) is 30.6 Å². The molecule has 1 aromatic carbocycles. The number of rotatable bonds is 3. The van der Waals surface area contributed by atoms with Gasteiger partial charge in [-0.15, -0.1) is 0 Å². The number of halogens is 2. The van der Waals surface area contributed by atoms with Crippen molar-refractivity contribution in [3.05, 3.63) is 47.1 Å². The van der Waals surface area contributed by atoms with Crippen LogP contribution in [0, 0.1) is 5.82 Å². The van der Waals surface area contributed by atoms with Gasteiger partial charge in [-0.3, -0.25) is 0 Å². The molecule has 92 valence electrons. The second-order valence-electron chi connectivity index (χ2n) is 3.38. The Labute approximate surface area is 106 Å². The van der Waals surface area contributed by atoms with E-state index in [-0.39, 0.29) is 10.7 Å². The predicted molar refractivity (Wildman–Crippen MR) is 63.7 cm³/mol. The number of aromatic nitrogens is 2. The number of benzene rings is 1. The Balaban J connectivity index is 2.20. The zero-order valence-electron chi connectivity index (χ0n) is 8.89. The van der Waals surface area contributed by atoms with Crippen LogP contribution in [0.4, 0.5) is 15.9 Å². The summed E-state index contributed by atoms with van der Waals surface area (Å²) in [5, 5.41) is 11.7. The Hall–Kier alpha value is -2.21. The van der Waals surface area contributed by atoms with E-state index in [4.69, 9.17) is 16.7 Å². The van der Waals surface area contributed by atoms with Gasteiger partial charge in [-0.1, -0.05) is 11.6 Å². The zero-order chi connectivity index (χ0) is 13.1. The smallest absolute Gasteiger partial charge is 0.356 e. The van der Waals surface area contributed by atoms with Crippen molar-refractivity contribution < 1.29 is 14.3 Å². The molecule has 0 aliphatic rings. The average molecular weight is 268 g/mol.